The highest BCUT2D eigenvalue weighted by molar-refractivity contribution is 7.88. The van der Waals surface area contributed by atoms with Crippen molar-refractivity contribution in [3.63, 3.8) is 0 Å². The third-order valence-corrected chi connectivity index (χ3v) is 6.69. The van der Waals surface area contributed by atoms with Crippen LogP contribution in [-0.4, -0.2) is 49.3 Å². The van der Waals surface area contributed by atoms with E-state index < -0.39 is 22.0 Å². The predicted octanol–water partition coefficient (Wildman–Crippen LogP) is 2.96. The minimum absolute atomic E-state index is 0.148. The molecule has 0 saturated heterocycles. The summed E-state index contributed by atoms with van der Waals surface area (Å²) >= 11 is 0. The van der Waals surface area contributed by atoms with Crippen LogP contribution in [0.4, 0.5) is 0 Å². The second-order valence-electron chi connectivity index (χ2n) is 8.04. The first-order chi connectivity index (χ1) is 16.3. The highest BCUT2D eigenvalue weighted by Crippen LogP contribution is 2.24. The molecule has 0 bridgehead atoms. The number of hydrogen-bond acceptors (Lipinski definition) is 4. The number of carbonyl (C=O) groups excluding carboxylic acids is 2. The van der Waals surface area contributed by atoms with Gasteiger partial charge in [-0.15, -0.1) is 0 Å². The number of nitrogens with one attached hydrogen (secondary N) is 1. The maximum atomic E-state index is 13.5. The van der Waals surface area contributed by atoms with Crippen molar-refractivity contribution in [2.45, 2.75) is 19.1 Å². The van der Waals surface area contributed by atoms with Crippen molar-refractivity contribution < 1.29 is 18.0 Å². The molecule has 0 spiro atoms. The summed E-state index contributed by atoms with van der Waals surface area (Å²) in [6.45, 7) is 0.0795. The molecule has 0 fully saturated rings. The number of sulfonamides is 1. The van der Waals surface area contributed by atoms with E-state index in [-0.39, 0.29) is 19.0 Å². The SMILES string of the molecule is CN(CC(=O)N(Cc1ccccc1)[C@@H](C(=O)NCc1ccccc1)c1ccccc1)S(C)(=O)=O. The maximum absolute atomic E-state index is 13.5. The van der Waals surface area contributed by atoms with Crippen molar-refractivity contribution in [3.8, 4) is 0 Å². The van der Waals surface area contributed by atoms with Crippen LogP contribution in [0.2, 0.25) is 0 Å². The Balaban J connectivity index is 1.96. The summed E-state index contributed by atoms with van der Waals surface area (Å²) in [6.07, 6.45) is 1.04. The largest absolute Gasteiger partial charge is 0.350 e. The molecular formula is C26H29N3O4S. The standard InChI is InChI=1S/C26H29N3O4S/c1-28(34(2,32)33)20-24(30)29(19-22-14-8-4-9-15-22)25(23-16-10-5-11-17-23)26(31)27-18-21-12-6-3-7-13-21/h3-17,25H,18-20H2,1-2H3,(H,27,31)/t25-/m1/s1. The zero-order chi connectivity index (χ0) is 24.6. The Morgan fingerprint density at radius 1 is 0.824 bits per heavy atom. The molecule has 0 aliphatic rings. The Morgan fingerprint density at radius 2 is 1.32 bits per heavy atom. The third kappa shape index (κ3) is 7.00. The summed E-state index contributed by atoms with van der Waals surface area (Å²) in [7, 11) is -2.23. The minimum atomic E-state index is -3.58. The van der Waals surface area contributed by atoms with Crippen LogP contribution in [0.1, 0.15) is 22.7 Å². The van der Waals surface area contributed by atoms with Gasteiger partial charge in [-0.2, -0.15) is 4.31 Å². The summed E-state index contributed by atoms with van der Waals surface area (Å²) in [4.78, 5) is 28.4. The number of hydrogen-bond donors (Lipinski definition) is 1. The fraction of sp³-hybridized carbons (Fsp3) is 0.231. The molecule has 2 amide bonds. The van der Waals surface area contributed by atoms with E-state index in [1.54, 1.807) is 24.3 Å². The van der Waals surface area contributed by atoms with Gasteiger partial charge in [0.25, 0.3) is 0 Å². The van der Waals surface area contributed by atoms with Crippen molar-refractivity contribution in [1.82, 2.24) is 14.5 Å². The molecule has 7 nitrogen and oxygen atoms in total. The van der Waals surface area contributed by atoms with Gasteiger partial charge in [-0.1, -0.05) is 91.0 Å². The second-order valence-corrected chi connectivity index (χ2v) is 10.1. The van der Waals surface area contributed by atoms with Gasteiger partial charge < -0.3 is 10.2 Å². The van der Waals surface area contributed by atoms with Gasteiger partial charge in [-0.3, -0.25) is 9.59 Å². The van der Waals surface area contributed by atoms with Crippen LogP contribution in [0, 0.1) is 0 Å². The van der Waals surface area contributed by atoms with Crippen LogP contribution in [-0.2, 0) is 32.7 Å². The zero-order valence-corrected chi connectivity index (χ0v) is 20.1. The Hall–Kier alpha value is -3.49. The average molecular weight is 480 g/mol. The summed E-state index contributed by atoms with van der Waals surface area (Å²) in [5.41, 5.74) is 2.40. The molecule has 0 saturated carbocycles. The summed E-state index contributed by atoms with van der Waals surface area (Å²) in [5, 5.41) is 2.94. The lowest BCUT2D eigenvalue weighted by molar-refractivity contribution is -0.141. The van der Waals surface area contributed by atoms with Crippen molar-refractivity contribution in [1.29, 1.82) is 0 Å². The van der Waals surface area contributed by atoms with Crippen LogP contribution < -0.4 is 5.32 Å². The molecule has 0 unspecified atom stereocenters. The first-order valence-corrected chi connectivity index (χ1v) is 12.7. The second kappa shape index (κ2) is 11.6. The van der Waals surface area contributed by atoms with Gasteiger partial charge in [0.05, 0.1) is 12.8 Å². The number of likely N-dealkylation sites (N-methyl/N-ethyl adjacent to an activating group) is 1. The lowest BCUT2D eigenvalue weighted by atomic mass is 10.0. The molecule has 3 aromatic carbocycles. The summed E-state index contributed by atoms with van der Waals surface area (Å²) in [6, 6.07) is 26.9. The topological polar surface area (TPSA) is 86.8 Å². The van der Waals surface area contributed by atoms with Gasteiger partial charge in [0.2, 0.25) is 21.8 Å². The van der Waals surface area contributed by atoms with E-state index in [0.717, 1.165) is 21.7 Å². The molecule has 0 aliphatic carbocycles. The Bertz CT molecular complexity index is 1190. The van der Waals surface area contributed by atoms with Gasteiger partial charge in [0.15, 0.2) is 0 Å². The molecule has 0 radical (unpaired) electrons. The normalized spacial score (nSPS) is 12.2. The third-order valence-electron chi connectivity index (χ3n) is 5.43. The van der Waals surface area contributed by atoms with E-state index in [1.807, 2.05) is 66.7 Å². The van der Waals surface area contributed by atoms with Crippen LogP contribution >= 0.6 is 0 Å². The molecule has 178 valence electrons. The van der Waals surface area contributed by atoms with Crippen LogP contribution in [0.25, 0.3) is 0 Å². The molecule has 1 N–H and O–H groups in total. The van der Waals surface area contributed by atoms with Crippen molar-refractivity contribution in [2.75, 3.05) is 19.8 Å². The number of carbonyl (C=O) groups is 2. The first kappa shape index (κ1) is 25.1. The zero-order valence-electron chi connectivity index (χ0n) is 19.3. The quantitative estimate of drug-likeness (QED) is 0.484. The Labute approximate surface area is 201 Å². The van der Waals surface area contributed by atoms with E-state index >= 15 is 0 Å². The van der Waals surface area contributed by atoms with Crippen LogP contribution in [0.15, 0.2) is 91.0 Å². The molecule has 0 aliphatic heterocycles. The van der Waals surface area contributed by atoms with Crippen molar-refractivity contribution >= 4 is 21.8 Å². The van der Waals surface area contributed by atoms with Gasteiger partial charge in [-0.25, -0.2) is 8.42 Å². The smallest absolute Gasteiger partial charge is 0.247 e. The predicted molar refractivity (Wildman–Crippen MR) is 132 cm³/mol. The number of nitrogens with zero attached hydrogens (tertiary/aromatic N) is 2. The molecule has 1 atom stereocenters. The van der Waals surface area contributed by atoms with E-state index in [0.29, 0.717) is 12.1 Å². The highest BCUT2D eigenvalue weighted by atomic mass is 32.2. The van der Waals surface area contributed by atoms with E-state index in [4.69, 9.17) is 0 Å². The minimum Gasteiger partial charge on any atom is -0.350 e. The van der Waals surface area contributed by atoms with E-state index in [2.05, 4.69) is 5.32 Å². The number of rotatable bonds is 10. The molecule has 0 heterocycles. The number of benzene rings is 3. The fourth-order valence-electron chi connectivity index (χ4n) is 3.49. The molecule has 3 aromatic rings. The van der Waals surface area contributed by atoms with Gasteiger partial charge in [0, 0.05) is 20.1 Å². The monoisotopic (exact) mass is 479 g/mol. The average Bonchev–Trinajstić information content (AvgIpc) is 2.83. The Morgan fingerprint density at radius 3 is 1.85 bits per heavy atom. The molecular weight excluding hydrogens is 450 g/mol. The highest BCUT2D eigenvalue weighted by Gasteiger charge is 2.32. The lowest BCUT2D eigenvalue weighted by Crippen LogP contribution is -2.47. The van der Waals surface area contributed by atoms with Crippen molar-refractivity contribution in [2.24, 2.45) is 0 Å². The Kier molecular flexibility index (Phi) is 8.56. The van der Waals surface area contributed by atoms with Gasteiger partial charge in [-0.05, 0) is 16.7 Å². The van der Waals surface area contributed by atoms with Crippen LogP contribution in [0.3, 0.4) is 0 Å². The van der Waals surface area contributed by atoms with Crippen LogP contribution in [0.5, 0.6) is 0 Å². The molecule has 0 aromatic heterocycles. The summed E-state index contributed by atoms with van der Waals surface area (Å²) < 4.78 is 24.9. The fourth-order valence-corrected chi connectivity index (χ4v) is 3.84. The van der Waals surface area contributed by atoms with E-state index in [9.17, 15) is 18.0 Å². The molecule has 34 heavy (non-hydrogen) atoms. The van der Waals surface area contributed by atoms with Gasteiger partial charge in [0.1, 0.15) is 6.04 Å². The van der Waals surface area contributed by atoms with Crippen molar-refractivity contribution in [3.05, 3.63) is 108 Å². The molecule has 3 rings (SSSR count). The summed E-state index contributed by atoms with van der Waals surface area (Å²) in [5.74, 6) is -0.818. The first-order valence-electron chi connectivity index (χ1n) is 10.9. The van der Waals surface area contributed by atoms with Gasteiger partial charge >= 0.3 is 0 Å². The lowest BCUT2D eigenvalue weighted by Gasteiger charge is -2.32. The maximum Gasteiger partial charge on any atom is 0.247 e. The number of amides is 2. The van der Waals surface area contributed by atoms with E-state index in [1.165, 1.54) is 11.9 Å². The molecule has 8 heteroatoms.